The molecule has 0 aliphatic heterocycles. The lowest BCUT2D eigenvalue weighted by atomic mass is 9.70. The molecule has 2 heteroatoms. The number of hydrogen-bond donors (Lipinski definition) is 0. The van der Waals surface area contributed by atoms with Gasteiger partial charge in [0.15, 0.2) is 0 Å². The predicted octanol–water partition coefficient (Wildman–Crippen LogP) is 3.20. The third kappa shape index (κ3) is 1.18. The van der Waals surface area contributed by atoms with E-state index >= 15 is 0 Å². The number of methoxy groups -OCH3 is 1. The van der Waals surface area contributed by atoms with E-state index in [9.17, 15) is 4.79 Å². The van der Waals surface area contributed by atoms with Gasteiger partial charge in [0.05, 0.1) is 5.60 Å². The lowest BCUT2D eigenvalue weighted by molar-refractivity contribution is -0.131. The number of hydrogen-bond acceptors (Lipinski definition) is 2. The van der Waals surface area contributed by atoms with E-state index in [4.69, 9.17) is 4.74 Å². The van der Waals surface area contributed by atoms with Crippen LogP contribution in [0.15, 0.2) is 0 Å². The minimum atomic E-state index is -0.0635. The molecule has 96 valence electrons. The second-order valence-corrected chi connectivity index (χ2v) is 7.32. The SMILES string of the molecule is COC1(C)CCC23C(=O)CC[C@@H]2C(C)(C)C[C@@H]13. The van der Waals surface area contributed by atoms with E-state index in [-0.39, 0.29) is 11.0 Å². The Morgan fingerprint density at radius 3 is 2.53 bits per heavy atom. The van der Waals surface area contributed by atoms with E-state index in [2.05, 4.69) is 20.8 Å². The van der Waals surface area contributed by atoms with Gasteiger partial charge < -0.3 is 4.74 Å². The lowest BCUT2D eigenvalue weighted by Gasteiger charge is -2.34. The normalized spacial score (nSPS) is 51.6. The summed E-state index contributed by atoms with van der Waals surface area (Å²) >= 11 is 0. The molecular formula is C15H24O2. The maximum absolute atomic E-state index is 12.5. The zero-order valence-corrected chi connectivity index (χ0v) is 11.5. The summed E-state index contributed by atoms with van der Waals surface area (Å²) in [5, 5.41) is 0. The molecule has 0 N–H and O–H groups in total. The van der Waals surface area contributed by atoms with Gasteiger partial charge in [0.2, 0.25) is 0 Å². The first kappa shape index (κ1) is 11.7. The van der Waals surface area contributed by atoms with Gasteiger partial charge in [-0.25, -0.2) is 0 Å². The molecule has 0 bridgehead atoms. The molecule has 0 aromatic rings. The molecule has 3 fully saturated rings. The molecule has 0 radical (unpaired) electrons. The molecule has 0 saturated heterocycles. The van der Waals surface area contributed by atoms with Gasteiger partial charge in [-0.1, -0.05) is 13.8 Å². The molecule has 0 amide bonds. The highest BCUT2D eigenvalue weighted by Crippen LogP contribution is 2.71. The molecule has 0 heterocycles. The third-order valence-corrected chi connectivity index (χ3v) is 6.33. The van der Waals surface area contributed by atoms with Crippen LogP contribution >= 0.6 is 0 Å². The van der Waals surface area contributed by atoms with Crippen molar-refractivity contribution in [2.75, 3.05) is 7.11 Å². The van der Waals surface area contributed by atoms with E-state index in [1.165, 1.54) is 0 Å². The van der Waals surface area contributed by atoms with E-state index in [1.54, 1.807) is 0 Å². The summed E-state index contributed by atoms with van der Waals surface area (Å²) in [6.07, 6.45) is 5.21. The van der Waals surface area contributed by atoms with Crippen LogP contribution in [0.25, 0.3) is 0 Å². The minimum absolute atomic E-state index is 0.0196. The van der Waals surface area contributed by atoms with Crippen molar-refractivity contribution in [3.8, 4) is 0 Å². The first-order valence-electron chi connectivity index (χ1n) is 6.95. The van der Waals surface area contributed by atoms with E-state index < -0.39 is 0 Å². The van der Waals surface area contributed by atoms with E-state index in [1.807, 2.05) is 7.11 Å². The summed E-state index contributed by atoms with van der Waals surface area (Å²) in [4.78, 5) is 12.5. The van der Waals surface area contributed by atoms with E-state index in [0.717, 1.165) is 32.1 Å². The molecule has 3 aliphatic carbocycles. The number of carbonyl (C=O) groups is 1. The highest BCUT2D eigenvalue weighted by Gasteiger charge is 2.71. The summed E-state index contributed by atoms with van der Waals surface area (Å²) in [6.45, 7) is 6.93. The topological polar surface area (TPSA) is 26.3 Å². The van der Waals surface area contributed by atoms with Gasteiger partial charge in [-0.3, -0.25) is 4.79 Å². The highest BCUT2D eigenvalue weighted by molar-refractivity contribution is 5.89. The zero-order chi connectivity index (χ0) is 12.5. The van der Waals surface area contributed by atoms with Crippen LogP contribution in [0, 0.1) is 22.7 Å². The largest absolute Gasteiger partial charge is 0.378 e. The Kier molecular flexibility index (Phi) is 2.16. The van der Waals surface area contributed by atoms with Crippen molar-refractivity contribution in [1.29, 1.82) is 0 Å². The molecule has 0 aromatic heterocycles. The second kappa shape index (κ2) is 3.14. The van der Waals surface area contributed by atoms with Gasteiger partial charge >= 0.3 is 0 Å². The number of carbonyl (C=O) groups excluding carboxylic acids is 1. The van der Waals surface area contributed by atoms with Crippen LogP contribution in [0.5, 0.6) is 0 Å². The summed E-state index contributed by atoms with van der Waals surface area (Å²) in [7, 11) is 1.82. The monoisotopic (exact) mass is 236 g/mol. The number of rotatable bonds is 1. The van der Waals surface area contributed by atoms with Gasteiger partial charge in [-0.15, -0.1) is 0 Å². The van der Waals surface area contributed by atoms with Crippen molar-refractivity contribution in [2.45, 2.75) is 58.5 Å². The van der Waals surface area contributed by atoms with Crippen LogP contribution in [0.2, 0.25) is 0 Å². The number of ketones is 1. The second-order valence-electron chi connectivity index (χ2n) is 7.32. The van der Waals surface area contributed by atoms with Crippen LogP contribution in [-0.4, -0.2) is 18.5 Å². The maximum atomic E-state index is 12.5. The van der Waals surface area contributed by atoms with Crippen molar-refractivity contribution in [3.05, 3.63) is 0 Å². The Balaban J connectivity index is 2.09. The molecule has 0 aromatic carbocycles. The average molecular weight is 236 g/mol. The number of ether oxygens (including phenoxy) is 1. The highest BCUT2D eigenvalue weighted by atomic mass is 16.5. The smallest absolute Gasteiger partial charge is 0.139 e. The zero-order valence-electron chi connectivity index (χ0n) is 11.5. The van der Waals surface area contributed by atoms with Crippen molar-refractivity contribution in [3.63, 3.8) is 0 Å². The molecule has 2 nitrogen and oxygen atoms in total. The quantitative estimate of drug-likeness (QED) is 0.699. The van der Waals surface area contributed by atoms with Crippen molar-refractivity contribution in [2.24, 2.45) is 22.7 Å². The average Bonchev–Trinajstić information content (AvgIpc) is 2.82. The fraction of sp³-hybridized carbons (Fsp3) is 0.933. The van der Waals surface area contributed by atoms with Crippen molar-refractivity contribution < 1.29 is 9.53 Å². The Hall–Kier alpha value is -0.370. The van der Waals surface area contributed by atoms with Gasteiger partial charge in [0, 0.05) is 24.9 Å². The van der Waals surface area contributed by atoms with Crippen molar-refractivity contribution in [1.82, 2.24) is 0 Å². The van der Waals surface area contributed by atoms with E-state index in [0.29, 0.717) is 23.0 Å². The molecule has 4 atom stereocenters. The first-order valence-corrected chi connectivity index (χ1v) is 6.95. The molecule has 3 rings (SSSR count). The van der Waals surface area contributed by atoms with Crippen molar-refractivity contribution >= 4 is 5.78 Å². The maximum Gasteiger partial charge on any atom is 0.139 e. The van der Waals surface area contributed by atoms with Crippen LogP contribution in [0.4, 0.5) is 0 Å². The predicted molar refractivity (Wildman–Crippen MR) is 66.7 cm³/mol. The number of Topliss-reactive ketones (excluding diaryl/α,β-unsaturated/α-hetero) is 1. The third-order valence-electron chi connectivity index (χ3n) is 6.33. The fourth-order valence-corrected chi connectivity index (χ4v) is 5.46. The Morgan fingerprint density at radius 1 is 1.18 bits per heavy atom. The van der Waals surface area contributed by atoms with Crippen LogP contribution in [-0.2, 0) is 9.53 Å². The molecule has 3 saturated carbocycles. The Morgan fingerprint density at radius 2 is 1.88 bits per heavy atom. The van der Waals surface area contributed by atoms with Gasteiger partial charge in [-0.05, 0) is 43.9 Å². The summed E-state index contributed by atoms with van der Waals surface area (Å²) in [5.41, 5.74) is 0.233. The van der Waals surface area contributed by atoms with Crippen LogP contribution < -0.4 is 0 Å². The van der Waals surface area contributed by atoms with Crippen LogP contribution in [0.3, 0.4) is 0 Å². The lowest BCUT2D eigenvalue weighted by Crippen LogP contribution is -2.40. The Bertz CT molecular complexity index is 373. The first-order chi connectivity index (χ1) is 7.87. The van der Waals surface area contributed by atoms with Crippen LogP contribution in [0.1, 0.15) is 52.9 Å². The summed E-state index contributed by atoms with van der Waals surface area (Å²) in [6, 6.07) is 0. The summed E-state index contributed by atoms with van der Waals surface area (Å²) in [5.74, 6) is 1.60. The molecule has 17 heavy (non-hydrogen) atoms. The molecule has 1 spiro atoms. The van der Waals surface area contributed by atoms with Gasteiger partial charge in [0.25, 0.3) is 0 Å². The molecule has 3 aliphatic rings. The molecular weight excluding hydrogens is 212 g/mol. The molecule has 2 unspecified atom stereocenters. The van der Waals surface area contributed by atoms with Gasteiger partial charge in [-0.2, -0.15) is 0 Å². The Labute approximate surface area is 104 Å². The summed E-state index contributed by atoms with van der Waals surface area (Å²) < 4.78 is 5.80. The minimum Gasteiger partial charge on any atom is -0.378 e. The fourth-order valence-electron chi connectivity index (χ4n) is 5.46. The standard InChI is InChI=1S/C15H24O2/c1-13(2)9-11-14(3,17-4)7-8-15(11)10(13)5-6-12(15)16/h10-11H,5-9H2,1-4H3/t10-,11+,14?,15?/m1/s1. The van der Waals surface area contributed by atoms with Gasteiger partial charge in [0.1, 0.15) is 5.78 Å².